The van der Waals surface area contributed by atoms with Gasteiger partial charge in [-0.2, -0.15) is 0 Å². The fourth-order valence-corrected chi connectivity index (χ4v) is 0.420. The molecule has 0 aliphatic heterocycles. The molecule has 0 bridgehead atoms. The summed E-state index contributed by atoms with van der Waals surface area (Å²) >= 11 is 0. The average Bonchev–Trinajstić information content (AvgIpc) is 1.87. The molecule has 0 heterocycles. The van der Waals surface area contributed by atoms with E-state index in [2.05, 4.69) is 5.32 Å². The van der Waals surface area contributed by atoms with Crippen molar-refractivity contribution in [2.75, 3.05) is 13.7 Å². The minimum Gasteiger partial charge on any atom is -0.396 e. The van der Waals surface area contributed by atoms with Gasteiger partial charge in [0.05, 0.1) is 0 Å². The zero-order valence-corrected chi connectivity index (χ0v) is 5.29. The summed E-state index contributed by atoms with van der Waals surface area (Å²) in [5.41, 5.74) is 0. The third-order valence-corrected chi connectivity index (χ3v) is 0.952. The predicted octanol–water partition coefficient (Wildman–Crippen LogP) is -1.52. The number of hydrogen-bond donors (Lipinski definition) is 3. The molecule has 0 aliphatic carbocycles. The first kappa shape index (κ1) is 8.39. The minimum absolute atomic E-state index is 0.0969. The van der Waals surface area contributed by atoms with Crippen LogP contribution in [0.1, 0.15) is 6.42 Å². The quantitative estimate of drug-likeness (QED) is 0.437. The first-order valence-corrected chi connectivity index (χ1v) is 2.73. The Morgan fingerprint density at radius 1 is 1.78 bits per heavy atom. The number of carbonyl (C=O) groups is 1. The van der Waals surface area contributed by atoms with Gasteiger partial charge in [0.2, 0.25) is 5.91 Å². The van der Waals surface area contributed by atoms with Crippen molar-refractivity contribution in [3.63, 3.8) is 0 Å². The van der Waals surface area contributed by atoms with Crippen LogP contribution in [-0.2, 0) is 4.79 Å². The van der Waals surface area contributed by atoms with E-state index in [-0.39, 0.29) is 13.0 Å². The van der Waals surface area contributed by atoms with Crippen LogP contribution in [0.4, 0.5) is 0 Å². The number of rotatable bonds is 3. The second-order valence-electron chi connectivity index (χ2n) is 1.64. The molecular formula is C5H11NO3. The van der Waals surface area contributed by atoms with E-state index < -0.39 is 12.0 Å². The van der Waals surface area contributed by atoms with Crippen LogP contribution in [0, 0.1) is 0 Å². The summed E-state index contributed by atoms with van der Waals surface area (Å²) in [7, 11) is 1.43. The number of amides is 1. The van der Waals surface area contributed by atoms with Crippen LogP contribution in [0.25, 0.3) is 0 Å². The Labute approximate surface area is 53.5 Å². The predicted molar refractivity (Wildman–Crippen MR) is 31.8 cm³/mol. The van der Waals surface area contributed by atoms with E-state index in [0.717, 1.165) is 0 Å². The van der Waals surface area contributed by atoms with Crippen molar-refractivity contribution in [2.45, 2.75) is 12.5 Å². The molecule has 0 aromatic heterocycles. The van der Waals surface area contributed by atoms with Crippen molar-refractivity contribution >= 4 is 5.91 Å². The topological polar surface area (TPSA) is 69.6 Å². The van der Waals surface area contributed by atoms with Crippen molar-refractivity contribution in [3.8, 4) is 0 Å². The Bertz CT molecular complexity index is 94.2. The van der Waals surface area contributed by atoms with Gasteiger partial charge in [-0.15, -0.1) is 0 Å². The van der Waals surface area contributed by atoms with Gasteiger partial charge in [-0.1, -0.05) is 0 Å². The van der Waals surface area contributed by atoms with Crippen molar-refractivity contribution in [1.29, 1.82) is 0 Å². The average molecular weight is 133 g/mol. The van der Waals surface area contributed by atoms with Crippen LogP contribution >= 0.6 is 0 Å². The minimum atomic E-state index is -1.07. The summed E-state index contributed by atoms with van der Waals surface area (Å²) in [5, 5.41) is 19.2. The number of aliphatic hydroxyl groups excluding tert-OH is 2. The van der Waals surface area contributed by atoms with Gasteiger partial charge in [0.1, 0.15) is 6.10 Å². The number of carbonyl (C=O) groups excluding carboxylic acids is 1. The lowest BCUT2D eigenvalue weighted by Crippen LogP contribution is -2.32. The summed E-state index contributed by atoms with van der Waals surface area (Å²) in [6.45, 7) is -0.172. The maximum Gasteiger partial charge on any atom is 0.248 e. The van der Waals surface area contributed by atoms with E-state index in [0.29, 0.717) is 0 Å². The van der Waals surface area contributed by atoms with Gasteiger partial charge in [-0.25, -0.2) is 0 Å². The Balaban J connectivity index is 3.45. The molecule has 9 heavy (non-hydrogen) atoms. The highest BCUT2D eigenvalue weighted by molar-refractivity contribution is 5.79. The van der Waals surface area contributed by atoms with Crippen LogP contribution in [0.15, 0.2) is 0 Å². The van der Waals surface area contributed by atoms with E-state index in [1.807, 2.05) is 0 Å². The van der Waals surface area contributed by atoms with Gasteiger partial charge >= 0.3 is 0 Å². The first-order chi connectivity index (χ1) is 4.22. The molecule has 0 spiro atoms. The number of likely N-dealkylation sites (N-methyl/N-ethyl adjacent to an activating group) is 1. The number of aliphatic hydroxyl groups is 2. The van der Waals surface area contributed by atoms with E-state index in [4.69, 9.17) is 10.2 Å². The number of hydrogen-bond acceptors (Lipinski definition) is 3. The maximum absolute atomic E-state index is 10.4. The molecule has 0 rings (SSSR count). The lowest BCUT2D eigenvalue weighted by molar-refractivity contribution is -0.129. The van der Waals surface area contributed by atoms with E-state index >= 15 is 0 Å². The Morgan fingerprint density at radius 3 is 2.67 bits per heavy atom. The van der Waals surface area contributed by atoms with E-state index in [9.17, 15) is 4.79 Å². The third kappa shape index (κ3) is 3.05. The Morgan fingerprint density at radius 2 is 2.33 bits per heavy atom. The maximum atomic E-state index is 10.4. The van der Waals surface area contributed by atoms with Crippen LogP contribution in [0.2, 0.25) is 0 Å². The summed E-state index contributed by atoms with van der Waals surface area (Å²) in [5.74, 6) is -0.455. The molecule has 3 N–H and O–H groups in total. The highest BCUT2D eigenvalue weighted by atomic mass is 16.3. The zero-order valence-electron chi connectivity index (χ0n) is 5.29. The monoisotopic (exact) mass is 133 g/mol. The molecule has 0 radical (unpaired) electrons. The Hall–Kier alpha value is -0.610. The summed E-state index contributed by atoms with van der Waals surface area (Å²) in [4.78, 5) is 10.4. The van der Waals surface area contributed by atoms with Gasteiger partial charge < -0.3 is 15.5 Å². The van der Waals surface area contributed by atoms with Gasteiger partial charge in [0.25, 0.3) is 0 Å². The standard InChI is InChI=1S/C5H11NO3/c1-6-5(9)4(8)2-3-7/h4,7-8H,2-3H2,1H3,(H,6,9). The zero-order chi connectivity index (χ0) is 7.28. The van der Waals surface area contributed by atoms with Crippen molar-refractivity contribution in [3.05, 3.63) is 0 Å². The highest BCUT2D eigenvalue weighted by Crippen LogP contribution is 1.87. The van der Waals surface area contributed by atoms with Crippen LogP contribution in [0.3, 0.4) is 0 Å². The molecule has 0 aromatic rings. The molecule has 54 valence electrons. The van der Waals surface area contributed by atoms with Crippen LogP contribution < -0.4 is 5.32 Å². The molecule has 0 saturated carbocycles. The number of nitrogens with one attached hydrogen (secondary N) is 1. The lowest BCUT2D eigenvalue weighted by atomic mass is 10.2. The normalized spacial score (nSPS) is 12.8. The summed E-state index contributed by atoms with van der Waals surface area (Å²) in [6, 6.07) is 0. The summed E-state index contributed by atoms with van der Waals surface area (Å²) < 4.78 is 0. The summed E-state index contributed by atoms with van der Waals surface area (Å²) in [6.07, 6.45) is -0.973. The molecule has 1 atom stereocenters. The molecule has 4 nitrogen and oxygen atoms in total. The lowest BCUT2D eigenvalue weighted by Gasteiger charge is -2.04. The molecule has 0 aromatic carbocycles. The Kier molecular flexibility index (Phi) is 4.00. The highest BCUT2D eigenvalue weighted by Gasteiger charge is 2.10. The fraction of sp³-hybridized carbons (Fsp3) is 0.800. The van der Waals surface area contributed by atoms with E-state index in [1.165, 1.54) is 7.05 Å². The molecule has 1 unspecified atom stereocenters. The second-order valence-corrected chi connectivity index (χ2v) is 1.64. The van der Waals surface area contributed by atoms with Crippen molar-refractivity contribution < 1.29 is 15.0 Å². The van der Waals surface area contributed by atoms with Gasteiger partial charge in [-0.05, 0) is 0 Å². The largest absolute Gasteiger partial charge is 0.396 e. The SMILES string of the molecule is CNC(=O)C(O)CCO. The van der Waals surface area contributed by atoms with Gasteiger partial charge in [-0.3, -0.25) is 4.79 Å². The van der Waals surface area contributed by atoms with E-state index in [1.54, 1.807) is 0 Å². The molecule has 4 heteroatoms. The van der Waals surface area contributed by atoms with Crippen molar-refractivity contribution in [1.82, 2.24) is 5.32 Å². The van der Waals surface area contributed by atoms with Crippen LogP contribution in [0.5, 0.6) is 0 Å². The molecule has 0 fully saturated rings. The molecule has 0 saturated heterocycles. The first-order valence-electron chi connectivity index (χ1n) is 2.73. The molecule has 1 amide bonds. The molecular weight excluding hydrogens is 122 g/mol. The molecule has 0 aliphatic rings. The smallest absolute Gasteiger partial charge is 0.248 e. The third-order valence-electron chi connectivity index (χ3n) is 0.952. The fourth-order valence-electron chi connectivity index (χ4n) is 0.420. The van der Waals surface area contributed by atoms with Crippen molar-refractivity contribution in [2.24, 2.45) is 0 Å². The van der Waals surface area contributed by atoms with Gasteiger partial charge in [0.15, 0.2) is 0 Å². The van der Waals surface area contributed by atoms with Gasteiger partial charge in [0, 0.05) is 20.1 Å². The second kappa shape index (κ2) is 4.29. The van der Waals surface area contributed by atoms with Crippen LogP contribution in [-0.4, -0.2) is 35.9 Å².